The van der Waals surface area contributed by atoms with Crippen molar-refractivity contribution in [1.29, 1.82) is 0 Å². The first-order valence-electron chi connectivity index (χ1n) is 5.29. The van der Waals surface area contributed by atoms with E-state index >= 15 is 0 Å². The van der Waals surface area contributed by atoms with Gasteiger partial charge in [-0.25, -0.2) is 17.9 Å². The summed E-state index contributed by atoms with van der Waals surface area (Å²) in [6, 6.07) is 5.39. The summed E-state index contributed by atoms with van der Waals surface area (Å²) in [6.45, 7) is 5.17. The zero-order valence-corrected chi connectivity index (χ0v) is 10.8. The molecule has 0 radical (unpaired) electrons. The Morgan fingerprint density at radius 2 is 2.00 bits per heavy atom. The summed E-state index contributed by atoms with van der Waals surface area (Å²) in [5.41, 5.74) is 0.660. The fraction of sp³-hybridized carbons (Fsp3) is 0.250. The molecule has 0 aliphatic heterocycles. The number of benzene rings is 1. The molecule has 0 amide bonds. The van der Waals surface area contributed by atoms with Gasteiger partial charge in [0.25, 0.3) is 0 Å². The highest BCUT2D eigenvalue weighted by Crippen LogP contribution is 2.08. The molecule has 0 bridgehead atoms. The topological polar surface area (TPSA) is 83.5 Å². The lowest BCUT2D eigenvalue weighted by Gasteiger charge is -2.10. The Balaban J connectivity index is 2.78. The molecular formula is C12H15NO4S. The lowest BCUT2D eigenvalue weighted by molar-refractivity contribution is 0.0697. The molecule has 0 spiro atoms. The van der Waals surface area contributed by atoms with Crippen LogP contribution in [-0.4, -0.2) is 25.5 Å². The van der Waals surface area contributed by atoms with Crippen LogP contribution in [0.5, 0.6) is 0 Å². The third kappa shape index (κ3) is 4.31. The molecule has 0 aliphatic rings. The maximum atomic E-state index is 11.7. The second-order valence-electron chi connectivity index (χ2n) is 3.90. The third-order valence-corrected chi connectivity index (χ3v) is 3.72. The number of carboxylic acid groups (broad SMARTS) is 1. The van der Waals surface area contributed by atoms with Crippen LogP contribution in [0.2, 0.25) is 0 Å². The van der Waals surface area contributed by atoms with E-state index < -0.39 is 16.0 Å². The normalized spacial score (nSPS) is 12.9. The highest BCUT2D eigenvalue weighted by molar-refractivity contribution is 7.88. The number of carbonyl (C=O) groups is 1. The molecule has 5 nitrogen and oxygen atoms in total. The van der Waals surface area contributed by atoms with Crippen molar-refractivity contribution in [2.24, 2.45) is 0 Å². The fourth-order valence-corrected chi connectivity index (χ4v) is 2.71. The zero-order valence-electron chi connectivity index (χ0n) is 9.96. The van der Waals surface area contributed by atoms with Crippen molar-refractivity contribution in [3.8, 4) is 0 Å². The minimum absolute atomic E-state index is 0.128. The van der Waals surface area contributed by atoms with Gasteiger partial charge < -0.3 is 5.11 Å². The van der Waals surface area contributed by atoms with E-state index in [9.17, 15) is 13.2 Å². The Kier molecular flexibility index (Phi) is 4.63. The Labute approximate surface area is 106 Å². The number of sulfonamides is 1. The number of rotatable bonds is 6. The minimum atomic E-state index is -3.45. The van der Waals surface area contributed by atoms with Crippen LogP contribution in [0.1, 0.15) is 22.8 Å². The van der Waals surface area contributed by atoms with Crippen molar-refractivity contribution in [1.82, 2.24) is 4.72 Å². The van der Waals surface area contributed by atoms with E-state index in [0.29, 0.717) is 5.56 Å². The van der Waals surface area contributed by atoms with Crippen LogP contribution < -0.4 is 4.72 Å². The first-order chi connectivity index (χ1) is 8.34. The van der Waals surface area contributed by atoms with Gasteiger partial charge in [0.1, 0.15) is 0 Å². The molecule has 98 valence electrons. The van der Waals surface area contributed by atoms with Crippen LogP contribution in [-0.2, 0) is 15.8 Å². The average Bonchev–Trinajstić information content (AvgIpc) is 2.28. The van der Waals surface area contributed by atoms with E-state index in [1.165, 1.54) is 30.3 Å². The molecule has 18 heavy (non-hydrogen) atoms. The van der Waals surface area contributed by atoms with Crippen LogP contribution in [0.4, 0.5) is 0 Å². The molecule has 1 rings (SSSR count). The molecule has 1 atom stereocenters. The van der Waals surface area contributed by atoms with Crippen LogP contribution in [0.3, 0.4) is 0 Å². The smallest absolute Gasteiger partial charge is 0.335 e. The van der Waals surface area contributed by atoms with Crippen LogP contribution in [0, 0.1) is 0 Å². The lowest BCUT2D eigenvalue weighted by Crippen LogP contribution is -2.32. The molecule has 1 aromatic carbocycles. The quantitative estimate of drug-likeness (QED) is 0.764. The average molecular weight is 269 g/mol. The van der Waals surface area contributed by atoms with E-state index in [-0.39, 0.29) is 17.4 Å². The zero-order chi connectivity index (χ0) is 13.8. The van der Waals surface area contributed by atoms with E-state index in [2.05, 4.69) is 11.3 Å². The van der Waals surface area contributed by atoms with Crippen LogP contribution in [0.15, 0.2) is 36.9 Å². The van der Waals surface area contributed by atoms with Crippen molar-refractivity contribution in [2.75, 3.05) is 0 Å². The molecule has 0 saturated carbocycles. The highest BCUT2D eigenvalue weighted by Gasteiger charge is 2.13. The van der Waals surface area contributed by atoms with Crippen molar-refractivity contribution in [3.63, 3.8) is 0 Å². The van der Waals surface area contributed by atoms with E-state index in [4.69, 9.17) is 5.11 Å². The first kappa shape index (κ1) is 14.4. The Hall–Kier alpha value is -1.66. The minimum Gasteiger partial charge on any atom is -0.478 e. The summed E-state index contributed by atoms with van der Waals surface area (Å²) in [5.74, 6) is -1.23. The summed E-state index contributed by atoms with van der Waals surface area (Å²) in [7, 11) is -3.45. The number of hydrogen-bond acceptors (Lipinski definition) is 3. The van der Waals surface area contributed by atoms with Gasteiger partial charge in [0.2, 0.25) is 10.0 Å². The second-order valence-corrected chi connectivity index (χ2v) is 5.66. The largest absolute Gasteiger partial charge is 0.478 e. The van der Waals surface area contributed by atoms with Gasteiger partial charge in [-0.1, -0.05) is 18.2 Å². The van der Waals surface area contributed by atoms with Crippen molar-refractivity contribution in [2.45, 2.75) is 18.7 Å². The van der Waals surface area contributed by atoms with Crippen LogP contribution in [0.25, 0.3) is 0 Å². The first-order valence-corrected chi connectivity index (χ1v) is 6.94. The van der Waals surface area contributed by atoms with E-state index in [1.807, 2.05) is 0 Å². The monoisotopic (exact) mass is 269 g/mol. The van der Waals surface area contributed by atoms with E-state index in [0.717, 1.165) is 0 Å². The summed E-state index contributed by atoms with van der Waals surface area (Å²) >= 11 is 0. The fourth-order valence-electron chi connectivity index (χ4n) is 1.34. The highest BCUT2D eigenvalue weighted by atomic mass is 32.2. The molecular weight excluding hydrogens is 254 g/mol. The molecule has 1 aromatic rings. The Bertz CT molecular complexity index is 534. The lowest BCUT2D eigenvalue weighted by atomic mass is 10.1. The van der Waals surface area contributed by atoms with Gasteiger partial charge in [0.05, 0.1) is 11.3 Å². The van der Waals surface area contributed by atoms with Gasteiger partial charge in [-0.2, -0.15) is 0 Å². The number of aromatic carboxylic acids is 1. The maximum Gasteiger partial charge on any atom is 0.335 e. The van der Waals surface area contributed by atoms with Crippen LogP contribution >= 0.6 is 0 Å². The summed E-state index contributed by atoms with van der Waals surface area (Å²) < 4.78 is 25.9. The summed E-state index contributed by atoms with van der Waals surface area (Å²) in [5, 5.41) is 8.72. The molecule has 0 heterocycles. The summed E-state index contributed by atoms with van der Waals surface area (Å²) in [4.78, 5) is 10.6. The third-order valence-electron chi connectivity index (χ3n) is 2.28. The summed E-state index contributed by atoms with van der Waals surface area (Å²) in [6.07, 6.45) is 1.49. The maximum absolute atomic E-state index is 11.7. The van der Waals surface area contributed by atoms with Gasteiger partial charge in [-0.05, 0) is 24.6 Å². The number of carboxylic acids is 1. The van der Waals surface area contributed by atoms with Crippen molar-refractivity contribution < 1.29 is 18.3 Å². The number of hydrogen-bond donors (Lipinski definition) is 2. The van der Waals surface area contributed by atoms with Gasteiger partial charge >= 0.3 is 5.97 Å². The van der Waals surface area contributed by atoms with Crippen molar-refractivity contribution in [3.05, 3.63) is 48.0 Å². The standard InChI is InChI=1S/C12H15NO4S/c1-3-9(2)13-18(16,17)8-10-4-6-11(7-5-10)12(14)15/h3-7,9,13H,1,8H2,2H3,(H,14,15). The number of nitrogens with one attached hydrogen (secondary N) is 1. The molecule has 0 saturated heterocycles. The van der Waals surface area contributed by atoms with Crippen molar-refractivity contribution >= 4 is 16.0 Å². The van der Waals surface area contributed by atoms with Gasteiger partial charge in [0, 0.05) is 6.04 Å². The molecule has 6 heteroatoms. The van der Waals surface area contributed by atoms with Gasteiger partial charge in [0.15, 0.2) is 0 Å². The molecule has 0 aromatic heterocycles. The molecule has 0 fully saturated rings. The Morgan fingerprint density at radius 1 is 1.44 bits per heavy atom. The van der Waals surface area contributed by atoms with Gasteiger partial charge in [-0.3, -0.25) is 0 Å². The second kappa shape index (κ2) is 5.79. The Morgan fingerprint density at radius 3 is 2.44 bits per heavy atom. The molecule has 1 unspecified atom stereocenters. The van der Waals surface area contributed by atoms with Gasteiger partial charge in [-0.15, -0.1) is 6.58 Å². The molecule has 0 aliphatic carbocycles. The SMILES string of the molecule is C=CC(C)NS(=O)(=O)Cc1ccc(C(=O)O)cc1. The predicted molar refractivity (Wildman–Crippen MR) is 68.8 cm³/mol. The predicted octanol–water partition coefficient (Wildman–Crippen LogP) is 1.38. The molecule has 2 N–H and O–H groups in total. The van der Waals surface area contributed by atoms with E-state index in [1.54, 1.807) is 6.92 Å².